The predicted molar refractivity (Wildman–Crippen MR) is 111 cm³/mol. The van der Waals surface area contributed by atoms with E-state index in [9.17, 15) is 14.0 Å². The van der Waals surface area contributed by atoms with Crippen LogP contribution in [-0.4, -0.2) is 20.7 Å². The highest BCUT2D eigenvalue weighted by Gasteiger charge is 2.26. The molecule has 0 aliphatic heterocycles. The average molecular weight is 418 g/mol. The third kappa shape index (κ3) is 3.24. The largest absolute Gasteiger partial charge is 0.369 e. The Bertz CT molecular complexity index is 1140. The van der Waals surface area contributed by atoms with E-state index in [4.69, 9.17) is 5.73 Å². The van der Waals surface area contributed by atoms with Gasteiger partial charge in [-0.25, -0.2) is 9.37 Å². The van der Waals surface area contributed by atoms with Gasteiger partial charge in [0.15, 0.2) is 5.16 Å². The molecule has 3 aromatic rings. The second kappa shape index (κ2) is 7.33. The van der Waals surface area contributed by atoms with E-state index in [-0.39, 0.29) is 16.4 Å². The van der Waals surface area contributed by atoms with E-state index in [1.165, 1.54) is 26.8 Å². The molecule has 4 rings (SSSR count). The van der Waals surface area contributed by atoms with Crippen LogP contribution in [0.2, 0.25) is 0 Å². The maximum Gasteiger partial charge on any atom is 0.267 e. The summed E-state index contributed by atoms with van der Waals surface area (Å²) in [5, 5.41) is 0.253. The molecule has 1 aromatic carbocycles. The minimum Gasteiger partial charge on any atom is -0.369 e. The second-order valence-corrected chi connectivity index (χ2v) is 9.57. The molecule has 0 radical (unpaired) electrons. The summed E-state index contributed by atoms with van der Waals surface area (Å²) in [7, 11) is 0. The maximum absolute atomic E-state index is 14.6. The molecule has 2 aromatic heterocycles. The fraction of sp³-hybridized carbons (Fsp3) is 0.350. The van der Waals surface area contributed by atoms with Gasteiger partial charge in [0.1, 0.15) is 10.6 Å². The second-order valence-electron chi connectivity index (χ2n) is 7.18. The Morgan fingerprint density at radius 3 is 2.89 bits per heavy atom. The van der Waals surface area contributed by atoms with Crippen molar-refractivity contribution in [3.63, 3.8) is 0 Å². The predicted octanol–water partition coefficient (Wildman–Crippen LogP) is 3.68. The number of halogens is 1. The summed E-state index contributed by atoms with van der Waals surface area (Å²) in [6.45, 7) is 3.85. The highest BCUT2D eigenvalue weighted by Crippen LogP contribution is 2.37. The van der Waals surface area contributed by atoms with Gasteiger partial charge in [0, 0.05) is 4.88 Å². The molecule has 0 saturated heterocycles. The van der Waals surface area contributed by atoms with Crippen LogP contribution in [0.15, 0.2) is 34.2 Å². The van der Waals surface area contributed by atoms with E-state index in [0.29, 0.717) is 16.1 Å². The fourth-order valence-electron chi connectivity index (χ4n) is 3.51. The molecule has 1 aliphatic carbocycles. The summed E-state index contributed by atoms with van der Waals surface area (Å²) in [6.07, 6.45) is 2.78. The Morgan fingerprint density at radius 1 is 1.43 bits per heavy atom. The molecule has 0 fully saturated rings. The normalized spacial score (nSPS) is 17.5. The molecule has 0 spiro atoms. The fourth-order valence-corrected chi connectivity index (χ4v) is 5.81. The first kappa shape index (κ1) is 19.1. The topological polar surface area (TPSA) is 78.0 Å². The van der Waals surface area contributed by atoms with E-state index in [2.05, 4.69) is 11.9 Å². The van der Waals surface area contributed by atoms with Crippen LogP contribution in [0.3, 0.4) is 0 Å². The summed E-state index contributed by atoms with van der Waals surface area (Å²) in [5.74, 6) is -0.464. The minimum absolute atomic E-state index is 0.130. The molecular weight excluding hydrogens is 397 g/mol. The van der Waals surface area contributed by atoms with Gasteiger partial charge in [0.25, 0.3) is 5.56 Å². The lowest BCUT2D eigenvalue weighted by Crippen LogP contribution is -2.27. The van der Waals surface area contributed by atoms with Crippen molar-refractivity contribution >= 4 is 39.2 Å². The van der Waals surface area contributed by atoms with Gasteiger partial charge >= 0.3 is 0 Å². The number of nitrogens with zero attached hydrogens (tertiary/aromatic N) is 2. The molecule has 2 N–H and O–H groups in total. The molecule has 1 aliphatic rings. The lowest BCUT2D eigenvalue weighted by molar-refractivity contribution is -0.117. The van der Waals surface area contributed by atoms with Crippen LogP contribution in [0.5, 0.6) is 0 Å². The standard InChI is InChI=1S/C20H20FN3O2S2/c1-10-7-8-12-15(9-10)28-18-16(12)19(26)24(14-6-4-3-5-13(14)21)20(23-18)27-11(2)17(22)25/h3-6,10-11H,7-9H2,1-2H3,(H2,22,25)/t10-,11+/m1/s1. The number of thiophene rings is 1. The number of aryl methyl sites for hydroxylation is 1. The van der Waals surface area contributed by atoms with E-state index in [0.717, 1.165) is 36.6 Å². The Hall–Kier alpha value is -2.19. The zero-order chi connectivity index (χ0) is 20.0. The van der Waals surface area contributed by atoms with Crippen LogP contribution in [0.25, 0.3) is 15.9 Å². The molecule has 5 nitrogen and oxygen atoms in total. The van der Waals surface area contributed by atoms with Gasteiger partial charge in [-0.1, -0.05) is 30.8 Å². The van der Waals surface area contributed by atoms with Gasteiger partial charge in [-0.15, -0.1) is 11.3 Å². The van der Waals surface area contributed by atoms with Crippen molar-refractivity contribution in [2.45, 2.75) is 43.5 Å². The lowest BCUT2D eigenvalue weighted by Gasteiger charge is -2.18. The van der Waals surface area contributed by atoms with Gasteiger partial charge in [0.05, 0.1) is 16.3 Å². The molecular formula is C20H20FN3O2S2. The van der Waals surface area contributed by atoms with E-state index < -0.39 is 17.0 Å². The third-order valence-electron chi connectivity index (χ3n) is 5.07. The van der Waals surface area contributed by atoms with Gasteiger partial charge in [-0.2, -0.15) is 0 Å². The van der Waals surface area contributed by atoms with Crippen molar-refractivity contribution in [2.75, 3.05) is 0 Å². The summed E-state index contributed by atoms with van der Waals surface area (Å²) >= 11 is 2.60. The maximum atomic E-state index is 14.6. The van der Waals surface area contributed by atoms with Crippen molar-refractivity contribution in [1.82, 2.24) is 9.55 Å². The Labute approximate surface area is 169 Å². The number of amides is 1. The summed E-state index contributed by atoms with van der Waals surface area (Å²) < 4.78 is 15.8. The summed E-state index contributed by atoms with van der Waals surface area (Å²) in [6, 6.07) is 6.10. The zero-order valence-electron chi connectivity index (χ0n) is 15.6. The molecule has 8 heteroatoms. The number of primary amides is 1. The van der Waals surface area contributed by atoms with Crippen LogP contribution < -0.4 is 11.3 Å². The van der Waals surface area contributed by atoms with Gasteiger partial charge < -0.3 is 5.73 Å². The van der Waals surface area contributed by atoms with Crippen molar-refractivity contribution in [3.05, 3.63) is 50.9 Å². The first-order chi connectivity index (χ1) is 13.4. The van der Waals surface area contributed by atoms with Crippen LogP contribution >= 0.6 is 23.1 Å². The number of hydrogen-bond acceptors (Lipinski definition) is 5. The zero-order valence-corrected chi connectivity index (χ0v) is 17.2. The molecule has 28 heavy (non-hydrogen) atoms. The van der Waals surface area contributed by atoms with Crippen LogP contribution in [0.1, 0.15) is 30.7 Å². The monoisotopic (exact) mass is 417 g/mol. The number of fused-ring (bicyclic) bond motifs is 3. The minimum atomic E-state index is -0.600. The first-order valence-electron chi connectivity index (χ1n) is 9.15. The number of nitrogens with two attached hydrogens (primary N) is 1. The van der Waals surface area contributed by atoms with Crippen LogP contribution in [0, 0.1) is 11.7 Å². The highest BCUT2D eigenvalue weighted by atomic mass is 32.2. The molecule has 2 atom stereocenters. The van der Waals surface area contributed by atoms with Gasteiger partial charge in [-0.05, 0) is 49.8 Å². The number of rotatable bonds is 4. The Kier molecular flexibility index (Phi) is 5.01. The van der Waals surface area contributed by atoms with Crippen LogP contribution in [-0.2, 0) is 17.6 Å². The summed E-state index contributed by atoms with van der Waals surface area (Å²) in [5.41, 5.74) is 6.28. The highest BCUT2D eigenvalue weighted by molar-refractivity contribution is 8.00. The van der Waals surface area contributed by atoms with Crippen LogP contribution in [0.4, 0.5) is 4.39 Å². The van der Waals surface area contributed by atoms with Crippen molar-refractivity contribution < 1.29 is 9.18 Å². The summed E-state index contributed by atoms with van der Waals surface area (Å²) in [4.78, 5) is 31.6. The molecule has 1 amide bonds. The van der Waals surface area contributed by atoms with Crippen molar-refractivity contribution in [1.29, 1.82) is 0 Å². The number of thioether (sulfide) groups is 1. The number of carbonyl (C=O) groups is 1. The number of aromatic nitrogens is 2. The number of para-hydroxylation sites is 1. The van der Waals surface area contributed by atoms with Gasteiger partial charge in [-0.3, -0.25) is 14.2 Å². The third-order valence-corrected chi connectivity index (χ3v) is 7.29. The Morgan fingerprint density at radius 2 is 2.18 bits per heavy atom. The van der Waals surface area contributed by atoms with E-state index in [1.54, 1.807) is 25.1 Å². The molecule has 2 heterocycles. The molecule has 146 valence electrons. The van der Waals surface area contributed by atoms with E-state index in [1.807, 2.05) is 0 Å². The van der Waals surface area contributed by atoms with E-state index >= 15 is 0 Å². The number of carbonyl (C=O) groups excluding carboxylic acids is 1. The molecule has 0 bridgehead atoms. The average Bonchev–Trinajstić information content (AvgIpc) is 3.00. The lowest BCUT2D eigenvalue weighted by atomic mass is 9.89. The quantitative estimate of drug-likeness (QED) is 0.519. The number of hydrogen-bond donors (Lipinski definition) is 1. The van der Waals surface area contributed by atoms with Crippen molar-refractivity contribution in [2.24, 2.45) is 11.7 Å². The smallest absolute Gasteiger partial charge is 0.267 e. The SMILES string of the molecule is C[C@@H]1CCc2c(sc3nc(S[C@@H](C)C(N)=O)n(-c4ccccc4F)c(=O)c23)C1. The molecule has 0 unspecified atom stereocenters. The van der Waals surface area contributed by atoms with Crippen molar-refractivity contribution in [3.8, 4) is 5.69 Å². The number of benzene rings is 1. The molecule has 0 saturated carbocycles. The van der Waals surface area contributed by atoms with Gasteiger partial charge in [0.2, 0.25) is 5.91 Å². The first-order valence-corrected chi connectivity index (χ1v) is 10.8. The Balaban J connectivity index is 2.01.